The Labute approximate surface area is 102 Å². The van der Waals surface area contributed by atoms with E-state index in [-0.39, 0.29) is 0 Å². The lowest BCUT2D eigenvalue weighted by atomic mass is 10.0. The van der Waals surface area contributed by atoms with E-state index in [0.717, 1.165) is 23.7 Å². The number of hydrogen-bond acceptors (Lipinski definition) is 1. The van der Waals surface area contributed by atoms with Gasteiger partial charge in [-0.1, -0.05) is 31.7 Å². The van der Waals surface area contributed by atoms with E-state index in [1.54, 1.807) is 0 Å². The number of aromatic nitrogens is 2. The number of H-pyrrole nitrogens is 1. The molecule has 1 aromatic heterocycles. The third-order valence-electron chi connectivity index (χ3n) is 3.95. The van der Waals surface area contributed by atoms with E-state index < -0.39 is 0 Å². The summed E-state index contributed by atoms with van der Waals surface area (Å²) in [6, 6.07) is 6.42. The molecular formula is C15H20N2. The van der Waals surface area contributed by atoms with Crippen molar-refractivity contribution in [1.82, 2.24) is 9.97 Å². The van der Waals surface area contributed by atoms with Gasteiger partial charge in [0.05, 0.1) is 11.0 Å². The maximum absolute atomic E-state index is 4.66. The number of fused-ring (bicyclic) bond motifs is 1. The molecule has 90 valence electrons. The molecule has 1 saturated carbocycles. The fourth-order valence-corrected chi connectivity index (χ4v) is 2.93. The number of hydrogen-bond donors (Lipinski definition) is 1. The van der Waals surface area contributed by atoms with Crippen molar-refractivity contribution in [1.29, 1.82) is 0 Å². The van der Waals surface area contributed by atoms with Gasteiger partial charge in [0.1, 0.15) is 5.82 Å². The van der Waals surface area contributed by atoms with Crippen LogP contribution in [0.15, 0.2) is 18.2 Å². The summed E-state index contributed by atoms with van der Waals surface area (Å²) in [5.41, 5.74) is 3.59. The van der Waals surface area contributed by atoms with Gasteiger partial charge < -0.3 is 4.98 Å². The Bertz CT molecular complexity index is 507. The Morgan fingerprint density at radius 1 is 1.29 bits per heavy atom. The number of imidazole rings is 1. The maximum Gasteiger partial charge on any atom is 0.107 e. The summed E-state index contributed by atoms with van der Waals surface area (Å²) in [5, 5.41) is 0. The summed E-state index contributed by atoms with van der Waals surface area (Å²) in [6.45, 7) is 2.12. The van der Waals surface area contributed by atoms with Gasteiger partial charge in [-0.15, -0.1) is 0 Å². The minimum absolute atomic E-state index is 0.949. The second-order valence-corrected chi connectivity index (χ2v) is 5.39. The summed E-state index contributed by atoms with van der Waals surface area (Å²) in [4.78, 5) is 8.11. The second kappa shape index (κ2) is 4.52. The van der Waals surface area contributed by atoms with Gasteiger partial charge in [0.25, 0.3) is 0 Å². The van der Waals surface area contributed by atoms with Crippen molar-refractivity contribution in [2.24, 2.45) is 5.92 Å². The van der Waals surface area contributed by atoms with Crippen LogP contribution in [-0.2, 0) is 6.42 Å². The van der Waals surface area contributed by atoms with Crippen LogP contribution in [0.1, 0.15) is 43.5 Å². The van der Waals surface area contributed by atoms with Crippen molar-refractivity contribution in [3.05, 3.63) is 29.6 Å². The molecule has 1 heterocycles. The van der Waals surface area contributed by atoms with E-state index in [1.165, 1.54) is 43.2 Å². The minimum atomic E-state index is 0.949. The predicted octanol–water partition coefficient (Wildman–Crippen LogP) is 3.99. The fraction of sp³-hybridized carbons (Fsp3) is 0.533. The smallest absolute Gasteiger partial charge is 0.107 e. The lowest BCUT2D eigenvalue weighted by Crippen LogP contribution is -1.97. The van der Waals surface area contributed by atoms with E-state index in [1.807, 2.05) is 0 Å². The van der Waals surface area contributed by atoms with Crippen LogP contribution in [0.3, 0.4) is 0 Å². The topological polar surface area (TPSA) is 28.7 Å². The molecule has 1 N–H and O–H groups in total. The standard InChI is InChI=1S/C15H20N2/c1-11-6-8-13-14(10-11)17-15(16-13)9-7-12-4-2-3-5-12/h6,8,10,12H,2-5,7,9H2,1H3,(H,16,17). The highest BCUT2D eigenvalue weighted by Crippen LogP contribution is 2.28. The predicted molar refractivity (Wildman–Crippen MR) is 71.1 cm³/mol. The van der Waals surface area contributed by atoms with Crippen molar-refractivity contribution in [3.8, 4) is 0 Å². The molecular weight excluding hydrogens is 208 g/mol. The zero-order valence-corrected chi connectivity index (χ0v) is 10.5. The monoisotopic (exact) mass is 228 g/mol. The highest BCUT2D eigenvalue weighted by atomic mass is 14.9. The van der Waals surface area contributed by atoms with E-state index in [9.17, 15) is 0 Å². The summed E-state index contributed by atoms with van der Waals surface area (Å²) in [6.07, 6.45) is 8.14. The molecule has 1 aliphatic rings. The van der Waals surface area contributed by atoms with Crippen molar-refractivity contribution in [2.75, 3.05) is 0 Å². The molecule has 0 spiro atoms. The third-order valence-corrected chi connectivity index (χ3v) is 3.95. The quantitative estimate of drug-likeness (QED) is 0.845. The summed E-state index contributed by atoms with van der Waals surface area (Å²) in [5.74, 6) is 2.11. The molecule has 17 heavy (non-hydrogen) atoms. The number of benzene rings is 1. The number of nitrogens with one attached hydrogen (secondary N) is 1. The molecule has 0 saturated heterocycles. The second-order valence-electron chi connectivity index (χ2n) is 5.39. The Morgan fingerprint density at radius 3 is 2.94 bits per heavy atom. The van der Waals surface area contributed by atoms with Crippen LogP contribution in [0.2, 0.25) is 0 Å². The summed E-state index contributed by atoms with van der Waals surface area (Å²) < 4.78 is 0. The Kier molecular flexibility index (Phi) is 2.87. The van der Waals surface area contributed by atoms with Crippen LogP contribution in [-0.4, -0.2) is 9.97 Å². The average Bonchev–Trinajstić information content (AvgIpc) is 2.94. The molecule has 3 rings (SSSR count). The van der Waals surface area contributed by atoms with Crippen molar-refractivity contribution < 1.29 is 0 Å². The lowest BCUT2D eigenvalue weighted by Gasteiger charge is -2.05. The SMILES string of the molecule is Cc1ccc2nc(CCC3CCCC3)[nH]c2c1. The van der Waals surface area contributed by atoms with Gasteiger partial charge in [0, 0.05) is 6.42 Å². The molecule has 0 bridgehead atoms. The third kappa shape index (κ3) is 2.36. The molecule has 0 amide bonds. The van der Waals surface area contributed by atoms with Crippen molar-refractivity contribution in [2.45, 2.75) is 45.4 Å². The molecule has 0 aliphatic heterocycles. The van der Waals surface area contributed by atoms with Gasteiger partial charge in [0.2, 0.25) is 0 Å². The van der Waals surface area contributed by atoms with E-state index in [0.29, 0.717) is 0 Å². The summed E-state index contributed by atoms with van der Waals surface area (Å²) >= 11 is 0. The van der Waals surface area contributed by atoms with Gasteiger partial charge in [-0.2, -0.15) is 0 Å². The number of rotatable bonds is 3. The molecule has 1 fully saturated rings. The van der Waals surface area contributed by atoms with Gasteiger partial charge >= 0.3 is 0 Å². The highest BCUT2D eigenvalue weighted by molar-refractivity contribution is 5.75. The van der Waals surface area contributed by atoms with E-state index in [2.05, 4.69) is 35.1 Å². The first-order valence-electron chi connectivity index (χ1n) is 6.76. The fourth-order valence-electron chi connectivity index (χ4n) is 2.93. The van der Waals surface area contributed by atoms with Crippen molar-refractivity contribution in [3.63, 3.8) is 0 Å². The van der Waals surface area contributed by atoms with E-state index >= 15 is 0 Å². The zero-order valence-electron chi connectivity index (χ0n) is 10.5. The zero-order chi connectivity index (χ0) is 11.7. The first-order valence-corrected chi connectivity index (χ1v) is 6.76. The molecule has 0 radical (unpaired) electrons. The minimum Gasteiger partial charge on any atom is -0.342 e. The summed E-state index contributed by atoms with van der Waals surface area (Å²) in [7, 11) is 0. The van der Waals surface area contributed by atoms with E-state index in [4.69, 9.17) is 0 Å². The average molecular weight is 228 g/mol. The van der Waals surface area contributed by atoms with Crippen LogP contribution in [0.25, 0.3) is 11.0 Å². The molecule has 0 unspecified atom stereocenters. The molecule has 0 atom stereocenters. The van der Waals surface area contributed by atoms with Crippen LogP contribution in [0.4, 0.5) is 0 Å². The molecule has 1 aliphatic carbocycles. The molecule has 2 heteroatoms. The Morgan fingerprint density at radius 2 is 2.12 bits per heavy atom. The maximum atomic E-state index is 4.66. The number of aromatic amines is 1. The van der Waals surface area contributed by atoms with Crippen LogP contribution < -0.4 is 0 Å². The largest absolute Gasteiger partial charge is 0.342 e. The molecule has 2 aromatic rings. The van der Waals surface area contributed by atoms with Crippen LogP contribution in [0.5, 0.6) is 0 Å². The number of nitrogens with zero attached hydrogens (tertiary/aromatic N) is 1. The normalized spacial score (nSPS) is 17.0. The van der Waals surface area contributed by atoms with Crippen molar-refractivity contribution >= 4 is 11.0 Å². The molecule has 2 nitrogen and oxygen atoms in total. The Balaban J connectivity index is 1.72. The first kappa shape index (κ1) is 10.8. The van der Waals surface area contributed by atoms with Crippen LogP contribution >= 0.6 is 0 Å². The van der Waals surface area contributed by atoms with Gasteiger partial charge in [0.15, 0.2) is 0 Å². The van der Waals surface area contributed by atoms with Gasteiger partial charge in [-0.3, -0.25) is 0 Å². The Hall–Kier alpha value is -1.31. The van der Waals surface area contributed by atoms with Gasteiger partial charge in [-0.05, 0) is 37.0 Å². The first-order chi connectivity index (χ1) is 8.31. The lowest BCUT2D eigenvalue weighted by molar-refractivity contribution is 0.498. The van der Waals surface area contributed by atoms with Gasteiger partial charge in [-0.25, -0.2) is 4.98 Å². The molecule has 1 aromatic carbocycles. The number of aryl methyl sites for hydroxylation is 2. The van der Waals surface area contributed by atoms with Crippen LogP contribution in [0, 0.1) is 12.8 Å². The highest BCUT2D eigenvalue weighted by Gasteiger charge is 2.15.